The van der Waals surface area contributed by atoms with Crippen LogP contribution in [0.25, 0.3) is 0 Å². The first kappa shape index (κ1) is 14.5. The first-order valence-electron chi connectivity index (χ1n) is 7.77. The van der Waals surface area contributed by atoms with Crippen molar-refractivity contribution in [2.45, 2.75) is 38.5 Å². The highest BCUT2D eigenvalue weighted by atomic mass is 16.5. The summed E-state index contributed by atoms with van der Waals surface area (Å²) < 4.78 is 5.57. The van der Waals surface area contributed by atoms with E-state index in [1.54, 1.807) is 0 Å². The van der Waals surface area contributed by atoms with E-state index in [2.05, 4.69) is 41.4 Å². The van der Waals surface area contributed by atoms with Crippen LogP contribution in [-0.4, -0.2) is 43.2 Å². The van der Waals surface area contributed by atoms with Gasteiger partial charge in [0, 0.05) is 25.1 Å². The zero-order valence-electron chi connectivity index (χ0n) is 12.8. The molecule has 1 amide bonds. The molecule has 3 rings (SSSR count). The average Bonchev–Trinajstić information content (AvgIpc) is 2.80. The van der Waals surface area contributed by atoms with Gasteiger partial charge >= 0.3 is 0 Å². The van der Waals surface area contributed by atoms with Crippen molar-refractivity contribution in [1.29, 1.82) is 0 Å². The monoisotopic (exact) mass is 288 g/mol. The van der Waals surface area contributed by atoms with Crippen molar-refractivity contribution in [3.63, 3.8) is 0 Å². The van der Waals surface area contributed by atoms with Crippen LogP contribution in [0.1, 0.15) is 24.0 Å². The van der Waals surface area contributed by atoms with Crippen molar-refractivity contribution >= 4 is 5.91 Å². The minimum absolute atomic E-state index is 0.125. The molecule has 1 saturated heterocycles. The molecule has 2 aliphatic rings. The van der Waals surface area contributed by atoms with E-state index in [4.69, 9.17) is 4.74 Å². The smallest absolute Gasteiger partial charge is 0.234 e. The van der Waals surface area contributed by atoms with Crippen LogP contribution < -0.4 is 5.32 Å². The lowest BCUT2D eigenvalue weighted by molar-refractivity contribution is -0.125. The normalized spacial score (nSPS) is 27.3. The first-order chi connectivity index (χ1) is 10.1. The van der Waals surface area contributed by atoms with E-state index in [0.29, 0.717) is 24.6 Å². The zero-order valence-corrected chi connectivity index (χ0v) is 12.8. The van der Waals surface area contributed by atoms with Crippen molar-refractivity contribution in [3.05, 3.63) is 35.4 Å². The summed E-state index contributed by atoms with van der Waals surface area (Å²) in [5.41, 5.74) is 2.50. The standard InChI is InChI=1S/C17H24N2O2/c1-12-3-5-13(6-4-12)10-19(2)11-17(20)18-15-9-16-14(15)7-8-21-16/h3-6,14-16H,7-11H2,1-2H3,(H,18,20)/t14-,15+,16+/m1/s1. The first-order valence-corrected chi connectivity index (χ1v) is 7.77. The number of nitrogens with zero attached hydrogens (tertiary/aromatic N) is 1. The maximum atomic E-state index is 12.1. The van der Waals surface area contributed by atoms with Gasteiger partial charge in [0.2, 0.25) is 5.91 Å². The van der Waals surface area contributed by atoms with Gasteiger partial charge in [-0.05, 0) is 32.4 Å². The Labute approximate surface area is 126 Å². The molecular weight excluding hydrogens is 264 g/mol. The molecule has 1 heterocycles. The molecule has 1 aliphatic heterocycles. The number of carbonyl (C=O) groups excluding carboxylic acids is 1. The Kier molecular flexibility index (Phi) is 4.27. The summed E-state index contributed by atoms with van der Waals surface area (Å²) in [5, 5.41) is 3.15. The second-order valence-corrected chi connectivity index (χ2v) is 6.43. The van der Waals surface area contributed by atoms with Crippen LogP contribution in [0.2, 0.25) is 0 Å². The molecule has 0 spiro atoms. The molecule has 21 heavy (non-hydrogen) atoms. The lowest BCUT2D eigenvalue weighted by Gasteiger charge is -2.39. The van der Waals surface area contributed by atoms with Gasteiger partial charge in [-0.2, -0.15) is 0 Å². The van der Waals surface area contributed by atoms with E-state index in [9.17, 15) is 4.79 Å². The van der Waals surface area contributed by atoms with Gasteiger partial charge in [-0.3, -0.25) is 9.69 Å². The zero-order chi connectivity index (χ0) is 14.8. The van der Waals surface area contributed by atoms with E-state index in [-0.39, 0.29) is 5.91 Å². The van der Waals surface area contributed by atoms with Gasteiger partial charge in [0.25, 0.3) is 0 Å². The van der Waals surface area contributed by atoms with Crippen molar-refractivity contribution in [1.82, 2.24) is 10.2 Å². The van der Waals surface area contributed by atoms with Crippen LogP contribution in [0.5, 0.6) is 0 Å². The number of carbonyl (C=O) groups is 1. The number of fused-ring (bicyclic) bond motifs is 1. The molecule has 1 saturated carbocycles. The third-order valence-corrected chi connectivity index (χ3v) is 4.60. The number of hydrogen-bond donors (Lipinski definition) is 1. The van der Waals surface area contributed by atoms with Crippen molar-refractivity contribution < 1.29 is 9.53 Å². The van der Waals surface area contributed by atoms with E-state index in [1.165, 1.54) is 11.1 Å². The number of hydrogen-bond acceptors (Lipinski definition) is 3. The minimum atomic E-state index is 0.125. The Morgan fingerprint density at radius 2 is 2.14 bits per heavy atom. The maximum Gasteiger partial charge on any atom is 0.234 e. The molecule has 1 aliphatic carbocycles. The van der Waals surface area contributed by atoms with Gasteiger partial charge in [-0.15, -0.1) is 0 Å². The lowest BCUT2D eigenvalue weighted by Crippen LogP contribution is -2.54. The second kappa shape index (κ2) is 6.16. The minimum Gasteiger partial charge on any atom is -0.378 e. The average molecular weight is 288 g/mol. The van der Waals surface area contributed by atoms with E-state index < -0.39 is 0 Å². The molecule has 3 atom stereocenters. The number of rotatable bonds is 5. The Hall–Kier alpha value is -1.39. The topological polar surface area (TPSA) is 41.6 Å². The van der Waals surface area contributed by atoms with Crippen molar-refractivity contribution in [2.24, 2.45) is 5.92 Å². The summed E-state index contributed by atoms with van der Waals surface area (Å²) in [6.07, 6.45) is 2.48. The fraction of sp³-hybridized carbons (Fsp3) is 0.588. The molecule has 114 valence electrons. The number of ether oxygens (including phenoxy) is 1. The number of amides is 1. The van der Waals surface area contributed by atoms with Crippen molar-refractivity contribution in [2.75, 3.05) is 20.2 Å². The number of aryl methyl sites for hydroxylation is 1. The van der Waals surface area contributed by atoms with E-state index in [0.717, 1.165) is 26.0 Å². The van der Waals surface area contributed by atoms with Crippen LogP contribution in [0, 0.1) is 12.8 Å². The van der Waals surface area contributed by atoms with Gasteiger partial charge in [-0.1, -0.05) is 29.8 Å². The van der Waals surface area contributed by atoms with E-state index >= 15 is 0 Å². The third kappa shape index (κ3) is 3.44. The highest BCUT2D eigenvalue weighted by Gasteiger charge is 2.45. The summed E-state index contributed by atoms with van der Waals surface area (Å²) in [6, 6.07) is 8.79. The van der Waals surface area contributed by atoms with Crippen LogP contribution >= 0.6 is 0 Å². The molecule has 0 aromatic heterocycles. The molecule has 4 heteroatoms. The number of benzene rings is 1. The molecule has 0 bridgehead atoms. The summed E-state index contributed by atoms with van der Waals surface area (Å²) in [7, 11) is 1.99. The van der Waals surface area contributed by atoms with Crippen LogP contribution in [0.3, 0.4) is 0 Å². The number of nitrogens with one attached hydrogen (secondary N) is 1. The largest absolute Gasteiger partial charge is 0.378 e. The highest BCUT2D eigenvalue weighted by molar-refractivity contribution is 5.78. The van der Waals surface area contributed by atoms with Gasteiger partial charge < -0.3 is 10.1 Å². The van der Waals surface area contributed by atoms with Crippen LogP contribution in [0.4, 0.5) is 0 Å². The fourth-order valence-electron chi connectivity index (χ4n) is 3.32. The Morgan fingerprint density at radius 1 is 1.38 bits per heavy atom. The summed E-state index contributed by atoms with van der Waals surface area (Å²) in [6.45, 7) is 4.19. The van der Waals surface area contributed by atoms with Gasteiger partial charge in [-0.25, -0.2) is 0 Å². The lowest BCUT2D eigenvalue weighted by atomic mass is 9.76. The second-order valence-electron chi connectivity index (χ2n) is 6.43. The maximum absolute atomic E-state index is 12.1. The summed E-state index contributed by atoms with van der Waals surface area (Å²) in [4.78, 5) is 14.2. The summed E-state index contributed by atoms with van der Waals surface area (Å²) >= 11 is 0. The molecule has 1 aromatic carbocycles. The predicted molar refractivity (Wildman–Crippen MR) is 81.9 cm³/mol. The Balaban J connectivity index is 1.43. The molecule has 0 unspecified atom stereocenters. The Morgan fingerprint density at radius 3 is 2.86 bits per heavy atom. The highest BCUT2D eigenvalue weighted by Crippen LogP contribution is 2.38. The predicted octanol–water partition coefficient (Wildman–Crippen LogP) is 1.72. The SMILES string of the molecule is Cc1ccc(CN(C)CC(=O)N[C@H]2C[C@@H]3OCC[C@H]23)cc1. The van der Waals surface area contributed by atoms with Crippen molar-refractivity contribution in [3.8, 4) is 0 Å². The molecule has 1 aromatic rings. The third-order valence-electron chi connectivity index (χ3n) is 4.60. The van der Waals surface area contributed by atoms with Crippen LogP contribution in [-0.2, 0) is 16.1 Å². The Bertz CT molecular complexity index is 500. The van der Waals surface area contributed by atoms with Gasteiger partial charge in [0.05, 0.1) is 12.6 Å². The molecule has 2 fully saturated rings. The van der Waals surface area contributed by atoms with Crippen LogP contribution in [0.15, 0.2) is 24.3 Å². The summed E-state index contributed by atoms with van der Waals surface area (Å²) in [5.74, 6) is 0.677. The van der Waals surface area contributed by atoms with Gasteiger partial charge in [0.1, 0.15) is 0 Å². The van der Waals surface area contributed by atoms with E-state index in [1.807, 2.05) is 7.05 Å². The molecular formula is C17H24N2O2. The number of likely N-dealkylation sites (N-methyl/N-ethyl adjacent to an activating group) is 1. The molecule has 1 N–H and O–H groups in total. The molecule has 0 radical (unpaired) electrons. The quantitative estimate of drug-likeness (QED) is 0.897. The van der Waals surface area contributed by atoms with Gasteiger partial charge in [0.15, 0.2) is 0 Å². The fourth-order valence-corrected chi connectivity index (χ4v) is 3.32. The molecule has 4 nitrogen and oxygen atoms in total.